The molecule has 0 N–H and O–H groups in total. The second-order valence-electron chi connectivity index (χ2n) is 4.25. The van der Waals surface area contributed by atoms with Crippen LogP contribution in [-0.2, 0) is 0 Å². The highest BCUT2D eigenvalue weighted by Crippen LogP contribution is 2.38. The minimum Gasteiger partial charge on any atom is -0.0616 e. The van der Waals surface area contributed by atoms with Gasteiger partial charge in [0.15, 0.2) is 0 Å². The van der Waals surface area contributed by atoms with Crippen LogP contribution >= 0.6 is 47.8 Å². The van der Waals surface area contributed by atoms with Gasteiger partial charge in [-0.15, -0.1) is 0 Å². The van der Waals surface area contributed by atoms with Gasteiger partial charge < -0.3 is 0 Å². The molecule has 94 valence electrons. The average molecular weight is 441 g/mol. The minimum atomic E-state index is 0.942. The van der Waals surface area contributed by atoms with Gasteiger partial charge in [0.05, 0.1) is 3.39 Å². The van der Waals surface area contributed by atoms with Crippen molar-refractivity contribution >= 4 is 75.4 Å². The first-order valence-electron chi connectivity index (χ1n) is 5.80. The molecule has 0 heterocycles. The van der Waals surface area contributed by atoms with Gasteiger partial charge in [-0.2, -0.15) is 0 Å². The van der Waals surface area contributed by atoms with Crippen LogP contribution in [0.2, 0.25) is 0 Å². The first kappa shape index (κ1) is 13.3. The number of halogens is 3. The first-order chi connectivity index (χ1) is 9.18. The lowest BCUT2D eigenvalue weighted by molar-refractivity contribution is 1.72. The largest absolute Gasteiger partial charge is 0.0616 e. The Morgan fingerprint density at radius 1 is 0.737 bits per heavy atom. The van der Waals surface area contributed by atoms with Gasteiger partial charge >= 0.3 is 0 Å². The monoisotopic (exact) mass is 438 g/mol. The zero-order valence-electron chi connectivity index (χ0n) is 9.83. The molecular formula is C16H9Br3. The van der Waals surface area contributed by atoms with E-state index in [0.29, 0.717) is 0 Å². The Balaban J connectivity index is 2.60. The fraction of sp³-hybridized carbons (Fsp3) is 0. The third kappa shape index (κ3) is 2.39. The van der Waals surface area contributed by atoms with Gasteiger partial charge in [0.25, 0.3) is 0 Å². The van der Waals surface area contributed by atoms with Crippen LogP contribution in [0.4, 0.5) is 0 Å². The highest BCUT2D eigenvalue weighted by atomic mass is 79.9. The van der Waals surface area contributed by atoms with Gasteiger partial charge in [0, 0.05) is 4.47 Å². The Hall–Kier alpha value is -0.640. The second kappa shape index (κ2) is 5.39. The molecule has 0 aliphatic carbocycles. The highest BCUT2D eigenvalue weighted by molar-refractivity contribution is 9.28. The SMILES string of the molecule is BrC(Br)=Cc1c2ccccc2c(Br)c2ccccc12. The summed E-state index contributed by atoms with van der Waals surface area (Å²) in [6.07, 6.45) is 2.11. The first-order valence-corrected chi connectivity index (χ1v) is 8.18. The lowest BCUT2D eigenvalue weighted by atomic mass is 9.97. The van der Waals surface area contributed by atoms with E-state index >= 15 is 0 Å². The van der Waals surface area contributed by atoms with Crippen molar-refractivity contribution in [2.45, 2.75) is 0 Å². The van der Waals surface area contributed by atoms with Crippen LogP contribution in [0, 0.1) is 0 Å². The van der Waals surface area contributed by atoms with E-state index in [0.717, 1.165) is 7.86 Å². The van der Waals surface area contributed by atoms with E-state index in [4.69, 9.17) is 0 Å². The van der Waals surface area contributed by atoms with Crippen LogP contribution in [-0.4, -0.2) is 0 Å². The molecule has 0 saturated carbocycles. The molecular weight excluding hydrogens is 432 g/mol. The van der Waals surface area contributed by atoms with Crippen molar-refractivity contribution in [2.24, 2.45) is 0 Å². The number of rotatable bonds is 1. The van der Waals surface area contributed by atoms with E-state index in [1.807, 2.05) is 0 Å². The Bertz CT molecular complexity index is 743. The number of hydrogen-bond acceptors (Lipinski definition) is 0. The lowest BCUT2D eigenvalue weighted by Crippen LogP contribution is -1.85. The van der Waals surface area contributed by atoms with Gasteiger partial charge in [-0.05, 0) is 81.0 Å². The Labute approximate surface area is 136 Å². The van der Waals surface area contributed by atoms with Gasteiger partial charge in [-0.25, -0.2) is 0 Å². The summed E-state index contributed by atoms with van der Waals surface area (Å²) in [5.41, 5.74) is 1.22. The molecule has 0 aliphatic heterocycles. The van der Waals surface area contributed by atoms with E-state index in [9.17, 15) is 0 Å². The molecule has 0 unspecified atom stereocenters. The summed E-state index contributed by atoms with van der Waals surface area (Å²) in [5, 5.41) is 4.94. The van der Waals surface area contributed by atoms with Crippen molar-refractivity contribution in [1.29, 1.82) is 0 Å². The summed E-state index contributed by atoms with van der Waals surface area (Å²) in [6.45, 7) is 0. The van der Waals surface area contributed by atoms with Crippen molar-refractivity contribution < 1.29 is 0 Å². The fourth-order valence-corrected chi connectivity index (χ4v) is 3.52. The zero-order chi connectivity index (χ0) is 13.4. The maximum atomic E-state index is 3.74. The van der Waals surface area contributed by atoms with Crippen molar-refractivity contribution in [1.82, 2.24) is 0 Å². The van der Waals surface area contributed by atoms with Crippen LogP contribution < -0.4 is 0 Å². The molecule has 0 atom stereocenters. The molecule has 0 radical (unpaired) electrons. The second-order valence-corrected chi connectivity index (χ2v) is 7.82. The maximum absolute atomic E-state index is 3.74. The highest BCUT2D eigenvalue weighted by Gasteiger charge is 2.10. The van der Waals surface area contributed by atoms with Gasteiger partial charge in [0.1, 0.15) is 0 Å². The van der Waals surface area contributed by atoms with Crippen molar-refractivity contribution in [3.8, 4) is 0 Å². The van der Waals surface area contributed by atoms with Gasteiger partial charge in [-0.1, -0.05) is 48.5 Å². The predicted molar refractivity (Wildman–Crippen MR) is 95.0 cm³/mol. The zero-order valence-corrected chi connectivity index (χ0v) is 14.6. The molecule has 0 aromatic heterocycles. The van der Waals surface area contributed by atoms with E-state index in [-0.39, 0.29) is 0 Å². The third-order valence-corrected chi connectivity index (χ3v) is 4.47. The Kier molecular flexibility index (Phi) is 3.79. The number of hydrogen-bond donors (Lipinski definition) is 0. The predicted octanol–water partition coefficient (Wildman–Crippen LogP) is 6.84. The number of fused-ring (bicyclic) bond motifs is 2. The van der Waals surface area contributed by atoms with Gasteiger partial charge in [0.2, 0.25) is 0 Å². The van der Waals surface area contributed by atoms with Crippen LogP contribution in [0.25, 0.3) is 27.6 Å². The fourth-order valence-electron chi connectivity index (χ4n) is 2.37. The number of benzene rings is 3. The van der Waals surface area contributed by atoms with E-state index in [2.05, 4.69) is 102 Å². The summed E-state index contributed by atoms with van der Waals surface area (Å²) in [7, 11) is 0. The van der Waals surface area contributed by atoms with Crippen LogP contribution in [0.5, 0.6) is 0 Å². The standard InChI is InChI=1S/C16H9Br3/c17-15(18)9-14-10-5-1-3-7-12(10)16(19)13-8-4-2-6-11(13)14/h1-9H. The van der Waals surface area contributed by atoms with Crippen LogP contribution in [0.1, 0.15) is 5.56 Å². The molecule has 3 aromatic carbocycles. The summed E-state index contributed by atoms with van der Waals surface area (Å²) in [5.74, 6) is 0. The molecule has 3 rings (SSSR count). The molecule has 0 saturated heterocycles. The van der Waals surface area contributed by atoms with Crippen molar-refractivity contribution in [3.05, 3.63) is 62.0 Å². The molecule has 0 amide bonds. The van der Waals surface area contributed by atoms with Crippen LogP contribution in [0.15, 0.2) is 56.4 Å². The summed E-state index contributed by atoms with van der Waals surface area (Å²) < 4.78 is 2.10. The summed E-state index contributed by atoms with van der Waals surface area (Å²) in [6, 6.07) is 16.9. The van der Waals surface area contributed by atoms with Crippen LogP contribution in [0.3, 0.4) is 0 Å². The topological polar surface area (TPSA) is 0 Å². The minimum absolute atomic E-state index is 0.942. The molecule has 0 bridgehead atoms. The van der Waals surface area contributed by atoms with Gasteiger partial charge in [-0.3, -0.25) is 0 Å². The third-order valence-electron chi connectivity index (χ3n) is 3.16. The molecule has 3 heteroatoms. The molecule has 0 spiro atoms. The average Bonchev–Trinajstić information content (AvgIpc) is 2.43. The molecule has 0 fully saturated rings. The summed E-state index contributed by atoms with van der Waals surface area (Å²) in [4.78, 5) is 0. The molecule has 0 aliphatic rings. The lowest BCUT2D eigenvalue weighted by Gasteiger charge is -2.11. The summed E-state index contributed by atoms with van der Waals surface area (Å²) >= 11 is 10.7. The molecule has 19 heavy (non-hydrogen) atoms. The van der Waals surface area contributed by atoms with E-state index < -0.39 is 0 Å². The quantitative estimate of drug-likeness (QED) is 0.363. The molecule has 3 aromatic rings. The van der Waals surface area contributed by atoms with Crippen molar-refractivity contribution in [2.75, 3.05) is 0 Å². The molecule has 0 nitrogen and oxygen atoms in total. The van der Waals surface area contributed by atoms with E-state index in [1.165, 1.54) is 27.1 Å². The van der Waals surface area contributed by atoms with Crippen molar-refractivity contribution in [3.63, 3.8) is 0 Å². The normalized spacial score (nSPS) is 10.9. The van der Waals surface area contributed by atoms with E-state index in [1.54, 1.807) is 0 Å². The Morgan fingerprint density at radius 2 is 1.16 bits per heavy atom. The Morgan fingerprint density at radius 3 is 1.58 bits per heavy atom. The smallest absolute Gasteiger partial charge is 0.0610 e. The maximum Gasteiger partial charge on any atom is 0.0610 e.